The fraction of sp³-hybridized carbons (Fsp3) is 1.00. The van der Waals surface area contributed by atoms with Crippen LogP contribution in [0.25, 0.3) is 0 Å². The van der Waals surface area contributed by atoms with Crippen LogP contribution in [0.3, 0.4) is 0 Å². The number of hydrogen-bond donors (Lipinski definition) is 0. The van der Waals surface area contributed by atoms with Crippen molar-refractivity contribution in [2.45, 2.75) is 6.29 Å². The fourth-order valence-electron chi connectivity index (χ4n) is 0.525. The maximum atomic E-state index is 6.75. The summed E-state index contributed by atoms with van der Waals surface area (Å²) in [5.74, 6) is 0. The molecular weight excluding hydrogens is 94.0 g/mol. The van der Waals surface area contributed by atoms with Crippen molar-refractivity contribution >= 4 is 0 Å². The minimum absolute atomic E-state index is 0.222. The highest BCUT2D eigenvalue weighted by Gasteiger charge is 2.12. The molecule has 1 N–H and O–H groups in total. The van der Waals surface area contributed by atoms with E-state index < -0.39 is 0 Å². The number of rotatable bonds is 1. The molecule has 0 atom stereocenters. The Labute approximate surface area is 42.4 Å². The highest BCUT2D eigenvalue weighted by molar-refractivity contribution is 4.49. The normalized spacial score (nSPS) is 23.6. The van der Waals surface area contributed by atoms with Crippen molar-refractivity contribution < 1.29 is 9.47 Å². The number of ether oxygens (including phenoxy) is 2. The molecule has 1 aliphatic heterocycles. The molecule has 0 aromatic heterocycles. The van der Waals surface area contributed by atoms with Gasteiger partial charge in [0, 0.05) is 0 Å². The van der Waals surface area contributed by atoms with Gasteiger partial charge in [0.1, 0.15) is 0 Å². The van der Waals surface area contributed by atoms with Gasteiger partial charge in [0.2, 0.25) is 0 Å². The van der Waals surface area contributed by atoms with Crippen LogP contribution in [0.5, 0.6) is 0 Å². The van der Waals surface area contributed by atoms with Crippen LogP contribution in [0.4, 0.5) is 0 Å². The molecule has 0 aromatic carbocycles. The summed E-state index contributed by atoms with van der Waals surface area (Å²) in [6, 6.07) is 0. The topological polar surface area (TPSA) is 42.3 Å². The summed E-state index contributed by atoms with van der Waals surface area (Å²) < 4.78 is 9.78. The van der Waals surface area contributed by atoms with Gasteiger partial charge >= 0.3 is 0 Å². The van der Waals surface area contributed by atoms with Gasteiger partial charge in [-0.25, -0.2) is 0 Å². The van der Waals surface area contributed by atoms with E-state index in [2.05, 4.69) is 0 Å². The third-order valence-corrected chi connectivity index (χ3v) is 0.857. The lowest BCUT2D eigenvalue weighted by Crippen LogP contribution is -2.13. The number of hydrogen-bond acceptors (Lipinski definition) is 2. The second-order valence-corrected chi connectivity index (χ2v) is 1.38. The van der Waals surface area contributed by atoms with Crippen molar-refractivity contribution in [3.63, 3.8) is 0 Å². The first-order valence-corrected chi connectivity index (χ1v) is 2.31. The van der Waals surface area contributed by atoms with Crippen molar-refractivity contribution in [1.29, 1.82) is 0 Å². The van der Waals surface area contributed by atoms with Crippen LogP contribution in [0.1, 0.15) is 0 Å². The Balaban J connectivity index is 2.14. The van der Waals surface area contributed by atoms with Gasteiger partial charge in [-0.1, -0.05) is 0 Å². The van der Waals surface area contributed by atoms with Crippen LogP contribution in [0, 0.1) is 0 Å². The molecule has 0 aromatic rings. The monoisotopic (exact) mass is 102 g/mol. The van der Waals surface area contributed by atoms with E-state index in [-0.39, 0.29) is 12.8 Å². The lowest BCUT2D eigenvalue weighted by molar-refractivity contribution is -0.0341. The van der Waals surface area contributed by atoms with Crippen molar-refractivity contribution in [1.82, 2.24) is 5.73 Å². The van der Waals surface area contributed by atoms with E-state index in [1.807, 2.05) is 0 Å². The molecule has 7 heavy (non-hydrogen) atoms. The van der Waals surface area contributed by atoms with Gasteiger partial charge in [-0.3, -0.25) is 5.73 Å². The van der Waals surface area contributed by atoms with Gasteiger partial charge in [-0.15, -0.1) is 0 Å². The van der Waals surface area contributed by atoms with E-state index in [0.29, 0.717) is 13.2 Å². The van der Waals surface area contributed by atoms with Crippen molar-refractivity contribution in [2.75, 3.05) is 19.8 Å². The summed E-state index contributed by atoms with van der Waals surface area (Å²) in [5.41, 5.74) is 6.75. The van der Waals surface area contributed by atoms with Crippen molar-refractivity contribution in [3.8, 4) is 0 Å². The molecule has 3 nitrogen and oxygen atoms in total. The SMILES string of the molecule is [NH]CC1OCCO1. The maximum absolute atomic E-state index is 6.75. The molecule has 1 saturated heterocycles. The molecule has 0 bridgehead atoms. The summed E-state index contributed by atoms with van der Waals surface area (Å²) in [5, 5.41) is 0. The van der Waals surface area contributed by atoms with Crippen LogP contribution < -0.4 is 5.73 Å². The van der Waals surface area contributed by atoms with Gasteiger partial charge < -0.3 is 9.47 Å². The summed E-state index contributed by atoms with van der Waals surface area (Å²) in [7, 11) is 0. The first kappa shape index (κ1) is 5.03. The summed E-state index contributed by atoms with van der Waals surface area (Å²) in [6.07, 6.45) is -0.236. The predicted molar refractivity (Wildman–Crippen MR) is 23.7 cm³/mol. The molecule has 0 saturated carbocycles. The quantitative estimate of drug-likeness (QED) is 0.453. The van der Waals surface area contributed by atoms with E-state index in [1.165, 1.54) is 0 Å². The molecule has 1 heterocycles. The molecule has 1 radical (unpaired) electrons. The van der Waals surface area contributed by atoms with Gasteiger partial charge in [-0.05, 0) is 0 Å². The first-order chi connectivity index (χ1) is 3.43. The zero-order valence-corrected chi connectivity index (χ0v) is 4.02. The lowest BCUT2D eigenvalue weighted by atomic mass is 10.7. The van der Waals surface area contributed by atoms with E-state index >= 15 is 0 Å². The molecule has 41 valence electrons. The third-order valence-electron chi connectivity index (χ3n) is 0.857. The third kappa shape index (κ3) is 1.12. The largest absolute Gasteiger partial charge is 0.349 e. The summed E-state index contributed by atoms with van der Waals surface area (Å²) in [4.78, 5) is 0. The van der Waals surface area contributed by atoms with E-state index in [1.54, 1.807) is 0 Å². The predicted octanol–water partition coefficient (Wildman–Crippen LogP) is -0.358. The minimum Gasteiger partial charge on any atom is -0.349 e. The molecule has 1 aliphatic rings. The average Bonchev–Trinajstić information content (AvgIpc) is 2.14. The van der Waals surface area contributed by atoms with Crippen molar-refractivity contribution in [3.05, 3.63) is 0 Å². The van der Waals surface area contributed by atoms with Crippen LogP contribution in [-0.4, -0.2) is 26.0 Å². The van der Waals surface area contributed by atoms with Gasteiger partial charge in [-0.2, -0.15) is 0 Å². The Bertz CT molecular complexity index is 51.7. The van der Waals surface area contributed by atoms with Crippen molar-refractivity contribution in [2.24, 2.45) is 0 Å². The zero-order valence-electron chi connectivity index (χ0n) is 4.02. The molecule has 0 amide bonds. The standard InChI is InChI=1S/C4H8NO2/c5-3-4-6-1-2-7-4/h4-5H,1-3H2. The Kier molecular flexibility index (Phi) is 1.62. The Hall–Kier alpha value is -0.120. The highest BCUT2D eigenvalue weighted by Crippen LogP contribution is 1.99. The molecule has 0 spiro atoms. The average molecular weight is 102 g/mol. The van der Waals surface area contributed by atoms with Crippen LogP contribution >= 0.6 is 0 Å². The first-order valence-electron chi connectivity index (χ1n) is 2.31. The summed E-state index contributed by atoms with van der Waals surface area (Å²) >= 11 is 0. The Morgan fingerprint density at radius 1 is 1.43 bits per heavy atom. The highest BCUT2D eigenvalue weighted by atomic mass is 16.7. The maximum Gasteiger partial charge on any atom is 0.171 e. The number of nitrogens with one attached hydrogen (secondary N) is 1. The second kappa shape index (κ2) is 2.26. The van der Waals surface area contributed by atoms with E-state index in [4.69, 9.17) is 15.2 Å². The fourth-order valence-corrected chi connectivity index (χ4v) is 0.525. The van der Waals surface area contributed by atoms with Gasteiger partial charge in [0.15, 0.2) is 6.29 Å². The zero-order chi connectivity index (χ0) is 5.11. The molecular formula is C4H8NO2. The van der Waals surface area contributed by atoms with E-state index in [9.17, 15) is 0 Å². The van der Waals surface area contributed by atoms with Crippen LogP contribution in [-0.2, 0) is 9.47 Å². The molecule has 3 heteroatoms. The minimum atomic E-state index is -0.236. The molecule has 0 unspecified atom stereocenters. The van der Waals surface area contributed by atoms with Crippen LogP contribution in [0.15, 0.2) is 0 Å². The Morgan fingerprint density at radius 2 is 2.00 bits per heavy atom. The van der Waals surface area contributed by atoms with Gasteiger partial charge in [0.05, 0.1) is 19.8 Å². The summed E-state index contributed by atoms with van der Waals surface area (Å²) in [6.45, 7) is 1.53. The molecule has 1 rings (SSSR count). The van der Waals surface area contributed by atoms with Gasteiger partial charge in [0.25, 0.3) is 0 Å². The lowest BCUT2D eigenvalue weighted by Gasteiger charge is -2.00. The molecule has 1 fully saturated rings. The second-order valence-electron chi connectivity index (χ2n) is 1.38. The Morgan fingerprint density at radius 3 is 2.29 bits per heavy atom. The van der Waals surface area contributed by atoms with Crippen LogP contribution in [0.2, 0.25) is 0 Å². The molecule has 0 aliphatic carbocycles. The smallest absolute Gasteiger partial charge is 0.171 e. The van der Waals surface area contributed by atoms with E-state index in [0.717, 1.165) is 0 Å².